The molecular formula is C14H22N2. The SMILES string of the molecule is Cc1cccc(CNCCC2CCNC2)c1. The minimum absolute atomic E-state index is 0.894. The van der Waals surface area contributed by atoms with E-state index in [0.29, 0.717) is 0 Å². The average Bonchev–Trinajstić information content (AvgIpc) is 2.77. The minimum Gasteiger partial charge on any atom is -0.316 e. The first-order chi connectivity index (χ1) is 7.84. The maximum absolute atomic E-state index is 3.53. The van der Waals surface area contributed by atoms with Gasteiger partial charge in [0.1, 0.15) is 0 Å². The Kier molecular flexibility index (Phi) is 4.37. The molecule has 0 saturated carbocycles. The van der Waals surface area contributed by atoms with Gasteiger partial charge in [-0.2, -0.15) is 0 Å². The number of benzene rings is 1. The Labute approximate surface area is 98.4 Å². The van der Waals surface area contributed by atoms with Gasteiger partial charge in [0.25, 0.3) is 0 Å². The molecule has 0 aliphatic carbocycles. The maximum atomic E-state index is 3.53. The van der Waals surface area contributed by atoms with Gasteiger partial charge in [-0.15, -0.1) is 0 Å². The summed E-state index contributed by atoms with van der Waals surface area (Å²) >= 11 is 0. The van der Waals surface area contributed by atoms with E-state index >= 15 is 0 Å². The Balaban J connectivity index is 1.64. The Hall–Kier alpha value is -0.860. The molecule has 1 aromatic rings. The van der Waals surface area contributed by atoms with Gasteiger partial charge in [0.05, 0.1) is 0 Å². The van der Waals surface area contributed by atoms with Crippen molar-refractivity contribution in [3.63, 3.8) is 0 Å². The molecule has 0 radical (unpaired) electrons. The van der Waals surface area contributed by atoms with Crippen LogP contribution in [0.2, 0.25) is 0 Å². The molecule has 1 saturated heterocycles. The van der Waals surface area contributed by atoms with Gasteiger partial charge in [-0.3, -0.25) is 0 Å². The summed E-state index contributed by atoms with van der Waals surface area (Å²) in [5.74, 6) is 0.894. The Bertz CT molecular complexity index is 316. The van der Waals surface area contributed by atoms with Crippen LogP contribution in [0.3, 0.4) is 0 Å². The smallest absolute Gasteiger partial charge is 0.0205 e. The first kappa shape index (κ1) is 11.6. The van der Waals surface area contributed by atoms with Crippen LogP contribution in [-0.4, -0.2) is 19.6 Å². The topological polar surface area (TPSA) is 24.1 Å². The summed E-state index contributed by atoms with van der Waals surface area (Å²) < 4.78 is 0. The molecule has 0 amide bonds. The van der Waals surface area contributed by atoms with E-state index in [1.807, 2.05) is 0 Å². The van der Waals surface area contributed by atoms with Crippen molar-refractivity contribution in [3.05, 3.63) is 35.4 Å². The van der Waals surface area contributed by atoms with Gasteiger partial charge < -0.3 is 10.6 Å². The fraction of sp³-hybridized carbons (Fsp3) is 0.571. The first-order valence-electron chi connectivity index (χ1n) is 6.31. The summed E-state index contributed by atoms with van der Waals surface area (Å²) in [5.41, 5.74) is 2.74. The fourth-order valence-electron chi connectivity index (χ4n) is 2.32. The molecule has 88 valence electrons. The van der Waals surface area contributed by atoms with Crippen LogP contribution in [0.4, 0.5) is 0 Å². The van der Waals surface area contributed by atoms with E-state index in [2.05, 4.69) is 41.8 Å². The number of aryl methyl sites for hydroxylation is 1. The number of nitrogens with one attached hydrogen (secondary N) is 2. The van der Waals surface area contributed by atoms with E-state index in [9.17, 15) is 0 Å². The Morgan fingerprint density at radius 2 is 2.38 bits per heavy atom. The highest BCUT2D eigenvalue weighted by Crippen LogP contribution is 2.11. The summed E-state index contributed by atoms with van der Waals surface area (Å²) in [5, 5.41) is 6.94. The maximum Gasteiger partial charge on any atom is 0.0205 e. The summed E-state index contributed by atoms with van der Waals surface area (Å²) in [7, 11) is 0. The third-order valence-electron chi connectivity index (χ3n) is 3.30. The highest BCUT2D eigenvalue weighted by Gasteiger charge is 2.12. The second-order valence-corrected chi connectivity index (χ2v) is 4.81. The van der Waals surface area contributed by atoms with Gasteiger partial charge in [-0.25, -0.2) is 0 Å². The lowest BCUT2D eigenvalue weighted by Gasteiger charge is -2.09. The lowest BCUT2D eigenvalue weighted by Crippen LogP contribution is -2.19. The third kappa shape index (κ3) is 3.62. The van der Waals surface area contributed by atoms with Crippen LogP contribution in [0, 0.1) is 12.8 Å². The van der Waals surface area contributed by atoms with Crippen molar-refractivity contribution in [1.82, 2.24) is 10.6 Å². The number of hydrogen-bond acceptors (Lipinski definition) is 2. The normalized spacial score (nSPS) is 20.2. The molecule has 1 heterocycles. The summed E-state index contributed by atoms with van der Waals surface area (Å²) in [6.45, 7) is 6.71. The van der Waals surface area contributed by atoms with Gasteiger partial charge in [0, 0.05) is 6.54 Å². The summed E-state index contributed by atoms with van der Waals surface area (Å²) in [6.07, 6.45) is 2.66. The van der Waals surface area contributed by atoms with Crippen molar-refractivity contribution >= 4 is 0 Å². The Morgan fingerprint density at radius 3 is 3.12 bits per heavy atom. The van der Waals surface area contributed by atoms with E-state index in [4.69, 9.17) is 0 Å². The third-order valence-corrected chi connectivity index (χ3v) is 3.30. The second kappa shape index (κ2) is 6.02. The van der Waals surface area contributed by atoms with Crippen molar-refractivity contribution in [2.75, 3.05) is 19.6 Å². The van der Waals surface area contributed by atoms with Gasteiger partial charge >= 0.3 is 0 Å². The van der Waals surface area contributed by atoms with E-state index < -0.39 is 0 Å². The zero-order valence-corrected chi connectivity index (χ0v) is 10.1. The molecule has 1 fully saturated rings. The first-order valence-corrected chi connectivity index (χ1v) is 6.31. The molecule has 1 aliphatic heterocycles. The minimum atomic E-state index is 0.894. The van der Waals surface area contributed by atoms with E-state index in [0.717, 1.165) is 19.0 Å². The molecule has 1 unspecified atom stereocenters. The zero-order chi connectivity index (χ0) is 11.2. The van der Waals surface area contributed by atoms with Gasteiger partial charge in [-0.1, -0.05) is 29.8 Å². The van der Waals surface area contributed by atoms with Crippen molar-refractivity contribution < 1.29 is 0 Å². The zero-order valence-electron chi connectivity index (χ0n) is 10.1. The molecule has 0 aromatic heterocycles. The van der Waals surface area contributed by atoms with E-state index in [1.54, 1.807) is 0 Å². The van der Waals surface area contributed by atoms with Crippen molar-refractivity contribution in [2.45, 2.75) is 26.3 Å². The highest BCUT2D eigenvalue weighted by atomic mass is 14.9. The van der Waals surface area contributed by atoms with Crippen LogP contribution in [0.15, 0.2) is 24.3 Å². The quantitative estimate of drug-likeness (QED) is 0.739. The van der Waals surface area contributed by atoms with Gasteiger partial charge in [0.15, 0.2) is 0 Å². The van der Waals surface area contributed by atoms with Crippen LogP contribution in [0.1, 0.15) is 24.0 Å². The van der Waals surface area contributed by atoms with Crippen LogP contribution < -0.4 is 10.6 Å². The van der Waals surface area contributed by atoms with Crippen LogP contribution in [-0.2, 0) is 6.54 Å². The van der Waals surface area contributed by atoms with Crippen molar-refractivity contribution in [3.8, 4) is 0 Å². The van der Waals surface area contributed by atoms with Crippen LogP contribution >= 0.6 is 0 Å². The largest absolute Gasteiger partial charge is 0.316 e. The molecule has 0 spiro atoms. The molecular weight excluding hydrogens is 196 g/mol. The average molecular weight is 218 g/mol. The predicted molar refractivity (Wildman–Crippen MR) is 68.5 cm³/mol. The lowest BCUT2D eigenvalue weighted by molar-refractivity contribution is 0.500. The predicted octanol–water partition coefficient (Wildman–Crippen LogP) is 2.08. The fourth-order valence-corrected chi connectivity index (χ4v) is 2.32. The van der Waals surface area contributed by atoms with E-state index in [1.165, 1.54) is 37.1 Å². The molecule has 2 rings (SSSR count). The second-order valence-electron chi connectivity index (χ2n) is 4.81. The standard InChI is InChI=1S/C14H22N2/c1-12-3-2-4-14(9-12)11-16-8-6-13-5-7-15-10-13/h2-4,9,13,15-16H,5-8,10-11H2,1H3. The van der Waals surface area contributed by atoms with Crippen LogP contribution in [0.5, 0.6) is 0 Å². The van der Waals surface area contributed by atoms with Crippen molar-refractivity contribution in [2.24, 2.45) is 5.92 Å². The summed E-state index contributed by atoms with van der Waals surface area (Å²) in [4.78, 5) is 0. The number of hydrogen-bond donors (Lipinski definition) is 2. The molecule has 2 N–H and O–H groups in total. The molecule has 16 heavy (non-hydrogen) atoms. The van der Waals surface area contributed by atoms with Gasteiger partial charge in [0.2, 0.25) is 0 Å². The molecule has 1 aliphatic rings. The molecule has 0 bridgehead atoms. The monoisotopic (exact) mass is 218 g/mol. The van der Waals surface area contributed by atoms with Gasteiger partial charge in [-0.05, 0) is 50.9 Å². The summed E-state index contributed by atoms with van der Waals surface area (Å²) in [6, 6.07) is 8.72. The molecule has 1 aromatic carbocycles. The van der Waals surface area contributed by atoms with Crippen LogP contribution in [0.25, 0.3) is 0 Å². The molecule has 2 nitrogen and oxygen atoms in total. The lowest BCUT2D eigenvalue weighted by atomic mass is 10.1. The molecule has 1 atom stereocenters. The van der Waals surface area contributed by atoms with Crippen molar-refractivity contribution in [1.29, 1.82) is 0 Å². The molecule has 2 heteroatoms. The Morgan fingerprint density at radius 1 is 1.44 bits per heavy atom. The van der Waals surface area contributed by atoms with E-state index in [-0.39, 0.29) is 0 Å². The highest BCUT2D eigenvalue weighted by molar-refractivity contribution is 5.21. The number of rotatable bonds is 5.